The van der Waals surface area contributed by atoms with Gasteiger partial charge in [-0.25, -0.2) is 0 Å². The van der Waals surface area contributed by atoms with Crippen LogP contribution in [0.1, 0.15) is 21.5 Å². The third kappa shape index (κ3) is 4.71. The quantitative estimate of drug-likeness (QED) is 0.230. The molecule has 0 aliphatic rings. The van der Waals surface area contributed by atoms with Crippen molar-refractivity contribution in [1.29, 1.82) is 5.26 Å². The number of nitrogens with zero attached hydrogens (tertiary/aromatic N) is 3. The molecule has 178 valence electrons. The van der Waals surface area contributed by atoms with E-state index in [1.165, 1.54) is 5.56 Å². The number of benzene rings is 4. The van der Waals surface area contributed by atoms with Gasteiger partial charge in [-0.15, -0.1) is 0 Å². The number of para-hydroxylation sites is 1. The molecule has 1 aromatic heterocycles. The van der Waals surface area contributed by atoms with Crippen LogP contribution in [0.3, 0.4) is 0 Å². The van der Waals surface area contributed by atoms with E-state index in [2.05, 4.69) is 44.8 Å². The van der Waals surface area contributed by atoms with Gasteiger partial charge < -0.3 is 14.2 Å². The van der Waals surface area contributed by atoms with E-state index in [9.17, 15) is 4.79 Å². The first-order valence-corrected chi connectivity index (χ1v) is 12.4. The number of carbonyl (C=O) groups is 1. The second-order valence-electron chi connectivity index (χ2n) is 8.71. The van der Waals surface area contributed by atoms with Crippen LogP contribution in [0.4, 0.5) is 0 Å². The number of carbonyl (C=O) groups excluding carboxylic acids is 1. The molecule has 0 aliphatic heterocycles. The largest absolute Gasteiger partial charge is 0.478 e. The average Bonchev–Trinajstić information content (AvgIpc) is 3.26. The minimum Gasteiger partial charge on any atom is -0.478 e. The molecule has 6 heteroatoms. The normalized spacial score (nSPS) is 10.9. The summed E-state index contributed by atoms with van der Waals surface area (Å²) < 4.78 is 8.44. The molecule has 0 fully saturated rings. The summed E-state index contributed by atoms with van der Waals surface area (Å²) >= 11 is 3.59. The van der Waals surface area contributed by atoms with Crippen LogP contribution in [0.25, 0.3) is 21.7 Å². The molecule has 0 radical (unpaired) electrons. The van der Waals surface area contributed by atoms with Gasteiger partial charge in [0, 0.05) is 37.2 Å². The molecule has 36 heavy (non-hydrogen) atoms. The highest BCUT2D eigenvalue weighted by Gasteiger charge is 2.19. The lowest BCUT2D eigenvalue weighted by Gasteiger charge is -2.18. The molecule has 0 saturated heterocycles. The summed E-state index contributed by atoms with van der Waals surface area (Å²) in [4.78, 5) is 15.3. The van der Waals surface area contributed by atoms with Crippen molar-refractivity contribution < 1.29 is 9.53 Å². The smallest absolute Gasteiger partial charge is 0.256 e. The highest BCUT2D eigenvalue weighted by Crippen LogP contribution is 2.34. The van der Waals surface area contributed by atoms with Gasteiger partial charge in [0.1, 0.15) is 11.8 Å². The molecular formula is C30H24BrN3O2. The van der Waals surface area contributed by atoms with Gasteiger partial charge in [-0.1, -0.05) is 66.7 Å². The Kier molecular flexibility index (Phi) is 6.75. The Morgan fingerprint density at radius 1 is 0.972 bits per heavy atom. The minimum atomic E-state index is -0.0143. The van der Waals surface area contributed by atoms with Gasteiger partial charge in [0.2, 0.25) is 0 Å². The van der Waals surface area contributed by atoms with Gasteiger partial charge in [-0.3, -0.25) is 4.79 Å². The van der Waals surface area contributed by atoms with Crippen LogP contribution in [-0.2, 0) is 13.1 Å². The molecule has 0 aliphatic carbocycles. The van der Waals surface area contributed by atoms with E-state index in [1.807, 2.05) is 80.0 Å². The van der Waals surface area contributed by atoms with Crippen molar-refractivity contribution in [2.75, 3.05) is 13.7 Å². The number of ether oxygens (including phenoxy) is 1. The number of hydrogen-bond donors (Lipinski definition) is 0. The molecule has 1 heterocycles. The van der Waals surface area contributed by atoms with Crippen LogP contribution >= 0.6 is 15.9 Å². The molecule has 4 aromatic carbocycles. The molecule has 0 unspecified atom stereocenters. The first kappa shape index (κ1) is 23.7. The topological polar surface area (TPSA) is 58.3 Å². The summed E-state index contributed by atoms with van der Waals surface area (Å²) in [6, 6.07) is 30.2. The second-order valence-corrected chi connectivity index (χ2v) is 9.51. The third-order valence-corrected chi connectivity index (χ3v) is 7.07. The first-order valence-electron chi connectivity index (χ1n) is 11.6. The maximum Gasteiger partial charge on any atom is 0.256 e. The van der Waals surface area contributed by atoms with Crippen LogP contribution < -0.4 is 4.74 Å². The fraction of sp³-hybridized carbons (Fsp3) is 0.133. The summed E-state index contributed by atoms with van der Waals surface area (Å²) in [6.45, 7) is 1.19. The van der Waals surface area contributed by atoms with E-state index >= 15 is 0 Å². The van der Waals surface area contributed by atoms with Crippen LogP contribution in [0.15, 0.2) is 95.6 Å². The average molecular weight is 538 g/mol. The molecule has 0 atom stereocenters. The molecule has 0 saturated carbocycles. The monoisotopic (exact) mass is 537 g/mol. The summed E-state index contributed by atoms with van der Waals surface area (Å²) in [7, 11) is 1.84. The number of amides is 1. The van der Waals surface area contributed by atoms with Crippen molar-refractivity contribution in [3.8, 4) is 11.8 Å². The SMILES string of the molecule is CN(Cc1ccc2c(Br)c(OCC#N)ccc2c1)C(=O)c1cn(Cc2ccccc2)c2ccccc12. The molecule has 1 amide bonds. The second kappa shape index (κ2) is 10.3. The fourth-order valence-corrected chi connectivity index (χ4v) is 5.13. The molecule has 5 rings (SSSR count). The van der Waals surface area contributed by atoms with Gasteiger partial charge in [-0.2, -0.15) is 5.26 Å². The van der Waals surface area contributed by atoms with Crippen LogP contribution in [0.5, 0.6) is 5.75 Å². The highest BCUT2D eigenvalue weighted by molar-refractivity contribution is 9.10. The molecular weight excluding hydrogens is 514 g/mol. The summed E-state index contributed by atoms with van der Waals surface area (Å²) in [5.74, 6) is 0.621. The van der Waals surface area contributed by atoms with Gasteiger partial charge >= 0.3 is 0 Å². The van der Waals surface area contributed by atoms with Crippen molar-refractivity contribution in [3.63, 3.8) is 0 Å². The van der Waals surface area contributed by atoms with E-state index in [4.69, 9.17) is 10.00 Å². The summed E-state index contributed by atoms with van der Waals surface area (Å²) in [6.07, 6.45) is 1.97. The van der Waals surface area contributed by atoms with Crippen molar-refractivity contribution in [1.82, 2.24) is 9.47 Å². The number of aromatic nitrogens is 1. The number of fused-ring (bicyclic) bond motifs is 2. The maximum absolute atomic E-state index is 13.6. The van der Waals surface area contributed by atoms with Crippen LogP contribution in [0.2, 0.25) is 0 Å². The van der Waals surface area contributed by atoms with Gasteiger partial charge in [0.25, 0.3) is 5.91 Å². The van der Waals surface area contributed by atoms with Crippen LogP contribution in [-0.4, -0.2) is 29.0 Å². The van der Waals surface area contributed by atoms with Crippen molar-refractivity contribution in [2.24, 2.45) is 0 Å². The fourth-order valence-electron chi connectivity index (χ4n) is 4.52. The molecule has 0 bridgehead atoms. The van der Waals surface area contributed by atoms with Gasteiger partial charge in [0.05, 0.1) is 10.0 Å². The van der Waals surface area contributed by atoms with E-state index in [-0.39, 0.29) is 12.5 Å². The van der Waals surface area contributed by atoms with Crippen molar-refractivity contribution in [2.45, 2.75) is 13.1 Å². The molecule has 5 aromatic rings. The Hall–Kier alpha value is -4.08. The molecule has 0 spiro atoms. The number of rotatable bonds is 7. The van der Waals surface area contributed by atoms with Crippen molar-refractivity contribution in [3.05, 3.63) is 112 Å². The Morgan fingerprint density at radius 2 is 1.75 bits per heavy atom. The lowest BCUT2D eigenvalue weighted by Crippen LogP contribution is -2.26. The van der Waals surface area contributed by atoms with E-state index in [1.54, 1.807) is 4.90 Å². The van der Waals surface area contributed by atoms with Gasteiger partial charge in [-0.05, 0) is 56.0 Å². The highest BCUT2D eigenvalue weighted by atomic mass is 79.9. The third-order valence-electron chi connectivity index (χ3n) is 6.26. The maximum atomic E-state index is 13.6. The Bertz CT molecular complexity index is 1600. The first-order chi connectivity index (χ1) is 17.5. The predicted octanol–water partition coefficient (Wildman–Crippen LogP) is 6.78. The Labute approximate surface area is 218 Å². The van der Waals surface area contributed by atoms with Crippen molar-refractivity contribution >= 4 is 43.5 Å². The number of nitriles is 1. The minimum absolute atomic E-state index is 0.00312. The zero-order chi connectivity index (χ0) is 25.1. The Morgan fingerprint density at radius 3 is 2.56 bits per heavy atom. The van der Waals surface area contributed by atoms with Gasteiger partial charge in [0.15, 0.2) is 6.61 Å². The Balaban J connectivity index is 1.40. The van der Waals surface area contributed by atoms with E-state index < -0.39 is 0 Å². The standard InChI is InChI=1S/C30H24BrN3O2/c1-33(18-22-11-13-24-23(17-22)12-14-28(29(24)31)36-16-15-32)30(35)26-20-34(19-21-7-3-2-4-8-21)27-10-6-5-9-25(26)27/h2-14,17,20H,16,18-19H2,1H3. The van der Waals surface area contributed by atoms with Crippen LogP contribution in [0, 0.1) is 11.3 Å². The predicted molar refractivity (Wildman–Crippen MR) is 146 cm³/mol. The number of halogens is 1. The molecule has 0 N–H and O–H groups in total. The zero-order valence-electron chi connectivity index (χ0n) is 19.8. The lowest BCUT2D eigenvalue weighted by molar-refractivity contribution is 0.0787. The van der Waals surface area contributed by atoms with E-state index in [0.717, 1.165) is 31.7 Å². The molecule has 5 nitrogen and oxygen atoms in total. The summed E-state index contributed by atoms with van der Waals surface area (Å²) in [5, 5.41) is 11.8. The zero-order valence-corrected chi connectivity index (χ0v) is 21.4. The van der Waals surface area contributed by atoms with E-state index in [0.29, 0.717) is 24.4 Å². The summed E-state index contributed by atoms with van der Waals surface area (Å²) in [5.41, 5.74) is 3.97. The lowest BCUT2D eigenvalue weighted by atomic mass is 10.1. The number of hydrogen-bond acceptors (Lipinski definition) is 3.